The summed E-state index contributed by atoms with van der Waals surface area (Å²) in [4.78, 5) is 14.8. The van der Waals surface area contributed by atoms with E-state index in [4.69, 9.17) is 0 Å². The molecule has 1 saturated heterocycles. The fourth-order valence-electron chi connectivity index (χ4n) is 5.13. The summed E-state index contributed by atoms with van der Waals surface area (Å²) in [6.45, 7) is 1.01. The molecule has 4 fully saturated rings. The van der Waals surface area contributed by atoms with E-state index in [1.807, 2.05) is 0 Å². The highest BCUT2D eigenvalue weighted by atomic mass is 79.9. The molecule has 3 saturated carbocycles. The predicted molar refractivity (Wildman–Crippen MR) is 69.8 cm³/mol. The van der Waals surface area contributed by atoms with E-state index >= 15 is 0 Å². The first kappa shape index (κ1) is 10.8. The Balaban J connectivity index is 1.49. The van der Waals surface area contributed by atoms with Crippen LogP contribution in [-0.2, 0) is 4.79 Å². The van der Waals surface area contributed by atoms with E-state index in [2.05, 4.69) is 20.8 Å². The van der Waals surface area contributed by atoms with Gasteiger partial charge in [0.05, 0.1) is 0 Å². The molecule has 4 rings (SSSR count). The van der Waals surface area contributed by atoms with E-state index in [0.717, 1.165) is 35.5 Å². The summed E-state index contributed by atoms with van der Waals surface area (Å²) in [5.74, 6) is 4.41. The monoisotopic (exact) mass is 297 g/mol. The van der Waals surface area contributed by atoms with Crippen LogP contribution in [-0.4, -0.2) is 28.7 Å². The van der Waals surface area contributed by atoms with Crippen LogP contribution in [0.1, 0.15) is 32.1 Å². The number of carbonyl (C=O) groups excluding carboxylic acids is 1. The molecular weight excluding hydrogens is 278 g/mol. The molecule has 0 radical (unpaired) electrons. The van der Waals surface area contributed by atoms with Crippen LogP contribution in [0.3, 0.4) is 0 Å². The van der Waals surface area contributed by atoms with Gasteiger partial charge in [-0.15, -0.1) is 0 Å². The molecule has 3 heteroatoms. The maximum Gasteiger partial charge on any atom is 0.226 e. The van der Waals surface area contributed by atoms with Crippen molar-refractivity contribution in [1.29, 1.82) is 0 Å². The highest BCUT2D eigenvalue weighted by Gasteiger charge is 2.68. The Hall–Kier alpha value is -0.0500. The first-order valence-corrected chi connectivity index (χ1v) is 8.30. The third-order valence-corrected chi connectivity index (χ3v) is 6.61. The second kappa shape index (κ2) is 3.72. The summed E-state index contributed by atoms with van der Waals surface area (Å²) >= 11 is 3.56. The van der Waals surface area contributed by atoms with Gasteiger partial charge in [-0.2, -0.15) is 0 Å². The lowest BCUT2D eigenvalue weighted by molar-refractivity contribution is -0.134. The normalized spacial score (nSPS) is 50.8. The molecule has 1 heterocycles. The van der Waals surface area contributed by atoms with Gasteiger partial charge in [-0.25, -0.2) is 0 Å². The van der Waals surface area contributed by atoms with Crippen LogP contribution in [0.5, 0.6) is 0 Å². The van der Waals surface area contributed by atoms with Crippen LogP contribution in [0.4, 0.5) is 0 Å². The Labute approximate surface area is 111 Å². The number of rotatable bonds is 2. The third-order valence-electron chi connectivity index (χ3n) is 5.86. The minimum absolute atomic E-state index is 0.445. The smallest absolute Gasteiger partial charge is 0.226 e. The molecular formula is C14H20BrNO. The van der Waals surface area contributed by atoms with Crippen molar-refractivity contribution < 1.29 is 4.79 Å². The van der Waals surface area contributed by atoms with Crippen molar-refractivity contribution in [1.82, 2.24) is 4.90 Å². The highest BCUT2D eigenvalue weighted by molar-refractivity contribution is 9.09. The second-order valence-corrected chi connectivity index (χ2v) is 7.14. The SMILES string of the molecule is O=C(C1C2C3CCC(C3)C12)N1CCCC1CBr. The van der Waals surface area contributed by atoms with Gasteiger partial charge in [0.25, 0.3) is 0 Å². The van der Waals surface area contributed by atoms with Crippen molar-refractivity contribution >= 4 is 21.8 Å². The lowest BCUT2D eigenvalue weighted by Crippen LogP contribution is -2.38. The zero-order valence-corrected chi connectivity index (χ0v) is 11.7. The first-order chi connectivity index (χ1) is 8.31. The summed E-state index contributed by atoms with van der Waals surface area (Å²) in [5.41, 5.74) is 0. The molecule has 0 aromatic carbocycles. The van der Waals surface area contributed by atoms with Crippen molar-refractivity contribution in [2.45, 2.75) is 38.1 Å². The van der Waals surface area contributed by atoms with Gasteiger partial charge in [0, 0.05) is 23.8 Å². The number of amides is 1. The molecule has 0 aromatic heterocycles. The van der Waals surface area contributed by atoms with Gasteiger partial charge in [0.1, 0.15) is 0 Å². The van der Waals surface area contributed by atoms with Crippen molar-refractivity contribution in [2.75, 3.05) is 11.9 Å². The zero-order chi connectivity index (χ0) is 11.6. The molecule has 1 amide bonds. The molecule has 0 aromatic rings. The number of alkyl halides is 1. The minimum Gasteiger partial charge on any atom is -0.339 e. The molecule has 2 bridgehead atoms. The van der Waals surface area contributed by atoms with Crippen molar-refractivity contribution in [3.05, 3.63) is 0 Å². The Morgan fingerprint density at radius 2 is 1.88 bits per heavy atom. The first-order valence-electron chi connectivity index (χ1n) is 7.17. The summed E-state index contributed by atoms with van der Waals surface area (Å²) in [6.07, 6.45) is 6.68. The summed E-state index contributed by atoms with van der Waals surface area (Å²) < 4.78 is 0. The van der Waals surface area contributed by atoms with Crippen LogP contribution in [0.2, 0.25) is 0 Å². The van der Waals surface area contributed by atoms with Gasteiger partial charge in [-0.05, 0) is 55.8 Å². The molecule has 2 nitrogen and oxygen atoms in total. The van der Waals surface area contributed by atoms with Crippen LogP contribution in [0.25, 0.3) is 0 Å². The largest absolute Gasteiger partial charge is 0.339 e. The van der Waals surface area contributed by atoms with Crippen LogP contribution >= 0.6 is 15.9 Å². The average molecular weight is 298 g/mol. The molecule has 0 N–H and O–H groups in total. The third kappa shape index (κ3) is 1.41. The Bertz CT molecular complexity index is 342. The minimum atomic E-state index is 0.445. The van der Waals surface area contributed by atoms with Crippen LogP contribution in [0, 0.1) is 29.6 Å². The van der Waals surface area contributed by atoms with E-state index < -0.39 is 0 Å². The van der Waals surface area contributed by atoms with Gasteiger partial charge < -0.3 is 4.90 Å². The highest BCUT2D eigenvalue weighted by Crippen LogP contribution is 2.69. The fraction of sp³-hybridized carbons (Fsp3) is 0.929. The Kier molecular flexibility index (Phi) is 2.37. The summed E-state index contributed by atoms with van der Waals surface area (Å²) in [5, 5.41) is 0.966. The molecule has 17 heavy (non-hydrogen) atoms. The van der Waals surface area contributed by atoms with Gasteiger partial charge in [-0.3, -0.25) is 4.79 Å². The summed E-state index contributed by atoms with van der Waals surface area (Å²) in [7, 11) is 0. The van der Waals surface area contributed by atoms with E-state index in [-0.39, 0.29) is 0 Å². The van der Waals surface area contributed by atoms with E-state index in [9.17, 15) is 4.79 Å². The topological polar surface area (TPSA) is 20.3 Å². The van der Waals surface area contributed by atoms with Gasteiger partial charge in [0.2, 0.25) is 5.91 Å². The number of fused-ring (bicyclic) bond motifs is 5. The van der Waals surface area contributed by atoms with Crippen LogP contribution < -0.4 is 0 Å². The van der Waals surface area contributed by atoms with E-state index in [1.54, 1.807) is 0 Å². The molecule has 5 unspecified atom stereocenters. The molecule has 1 aliphatic heterocycles. The number of hydrogen-bond donors (Lipinski definition) is 0. The molecule has 4 aliphatic rings. The quantitative estimate of drug-likeness (QED) is 0.718. The van der Waals surface area contributed by atoms with Gasteiger partial charge in [-0.1, -0.05) is 15.9 Å². The predicted octanol–water partition coefficient (Wildman–Crippen LogP) is 2.66. The van der Waals surface area contributed by atoms with E-state index in [0.29, 0.717) is 17.9 Å². The number of nitrogens with zero attached hydrogens (tertiary/aromatic N) is 1. The fourth-order valence-corrected chi connectivity index (χ4v) is 5.81. The van der Waals surface area contributed by atoms with Crippen LogP contribution in [0.15, 0.2) is 0 Å². The average Bonchev–Trinajstić information content (AvgIpc) is 2.78. The maximum absolute atomic E-state index is 12.6. The maximum atomic E-state index is 12.6. The standard InChI is InChI=1S/C14H20BrNO/c15-7-10-2-1-5-16(10)14(17)13-11-8-3-4-9(6-8)12(11)13/h8-13H,1-7H2. The molecule has 5 atom stereocenters. The molecule has 0 spiro atoms. The molecule has 94 valence electrons. The number of halogens is 1. The van der Waals surface area contributed by atoms with E-state index in [1.165, 1.54) is 32.1 Å². The zero-order valence-electron chi connectivity index (χ0n) is 10.1. The van der Waals surface area contributed by atoms with Crippen molar-refractivity contribution in [3.8, 4) is 0 Å². The van der Waals surface area contributed by atoms with Gasteiger partial charge in [0.15, 0.2) is 0 Å². The second-order valence-electron chi connectivity index (χ2n) is 6.50. The lowest BCUT2D eigenvalue weighted by atomic mass is 10.0. The number of carbonyl (C=O) groups is 1. The van der Waals surface area contributed by atoms with Gasteiger partial charge >= 0.3 is 0 Å². The lowest BCUT2D eigenvalue weighted by Gasteiger charge is -2.24. The summed E-state index contributed by atoms with van der Waals surface area (Å²) in [6, 6.07) is 0.487. The van der Waals surface area contributed by atoms with Crippen molar-refractivity contribution in [2.24, 2.45) is 29.6 Å². The number of hydrogen-bond acceptors (Lipinski definition) is 1. The van der Waals surface area contributed by atoms with Crippen molar-refractivity contribution in [3.63, 3.8) is 0 Å². The number of likely N-dealkylation sites (tertiary alicyclic amines) is 1. The Morgan fingerprint density at radius 3 is 2.53 bits per heavy atom. The Morgan fingerprint density at radius 1 is 1.18 bits per heavy atom. The molecule has 3 aliphatic carbocycles.